The van der Waals surface area contributed by atoms with Gasteiger partial charge in [-0.05, 0) is 43.3 Å². The van der Waals surface area contributed by atoms with Crippen LogP contribution in [0.3, 0.4) is 0 Å². The fraction of sp³-hybridized carbons (Fsp3) is 0.235. The molecule has 0 saturated carbocycles. The molecule has 3 rings (SSSR count). The summed E-state index contributed by atoms with van der Waals surface area (Å²) >= 11 is 2.66. The summed E-state index contributed by atoms with van der Waals surface area (Å²) in [5.41, 5.74) is 2.70. The van der Waals surface area contributed by atoms with E-state index in [1.807, 2.05) is 37.4 Å². The highest BCUT2D eigenvalue weighted by molar-refractivity contribution is 8.00. The number of carbonyl (C=O) groups excluding carboxylic acids is 1. The maximum absolute atomic E-state index is 12.5. The first kappa shape index (κ1) is 16.7. The number of fused-ring (bicyclic) bond motifs is 1. The third kappa shape index (κ3) is 3.37. The molecule has 0 aliphatic carbocycles. The highest BCUT2D eigenvalue weighted by Gasteiger charge is 2.18. The normalized spacial score (nSPS) is 12.3. The van der Waals surface area contributed by atoms with Crippen molar-refractivity contribution in [1.82, 2.24) is 9.97 Å². The van der Waals surface area contributed by atoms with Crippen molar-refractivity contribution < 1.29 is 4.79 Å². The monoisotopic (exact) mass is 359 g/mol. The number of nitrogens with zero attached hydrogens (tertiary/aromatic N) is 1. The van der Waals surface area contributed by atoms with Crippen LogP contribution in [0.5, 0.6) is 0 Å². The molecule has 1 atom stereocenters. The molecular weight excluding hydrogens is 342 g/mol. The lowest BCUT2D eigenvalue weighted by Gasteiger charge is -2.15. The maximum Gasteiger partial charge on any atom is 0.260 e. The third-order valence-corrected chi connectivity index (χ3v) is 5.49. The molecule has 5 nitrogen and oxygen atoms in total. The number of H-pyrrole nitrogens is 1. The van der Waals surface area contributed by atoms with Crippen molar-refractivity contribution in [2.24, 2.45) is 0 Å². The van der Waals surface area contributed by atoms with Gasteiger partial charge < -0.3 is 10.3 Å². The van der Waals surface area contributed by atoms with Crippen molar-refractivity contribution in [1.29, 1.82) is 0 Å². The largest absolute Gasteiger partial charge is 0.325 e. The number of aromatic nitrogens is 2. The predicted molar refractivity (Wildman–Crippen MR) is 100 cm³/mol. The van der Waals surface area contributed by atoms with Crippen molar-refractivity contribution in [3.05, 3.63) is 51.1 Å². The molecule has 24 heavy (non-hydrogen) atoms. The van der Waals surface area contributed by atoms with E-state index in [1.54, 1.807) is 13.0 Å². The van der Waals surface area contributed by atoms with Crippen LogP contribution in [0.25, 0.3) is 10.2 Å². The lowest BCUT2D eigenvalue weighted by atomic mass is 10.1. The third-order valence-electron chi connectivity index (χ3n) is 3.70. The summed E-state index contributed by atoms with van der Waals surface area (Å²) in [6.07, 6.45) is 0. The molecule has 0 radical (unpaired) electrons. The summed E-state index contributed by atoms with van der Waals surface area (Å²) in [5.74, 6) is -0.119. The number of rotatable bonds is 4. The fourth-order valence-electron chi connectivity index (χ4n) is 2.36. The van der Waals surface area contributed by atoms with Crippen molar-refractivity contribution in [2.75, 3.05) is 5.32 Å². The van der Waals surface area contributed by atoms with Crippen molar-refractivity contribution in [3.8, 4) is 0 Å². The number of aromatic amines is 1. The number of thiophene rings is 1. The second-order valence-electron chi connectivity index (χ2n) is 5.53. The molecule has 7 heteroatoms. The number of amides is 1. The molecule has 1 amide bonds. The molecule has 0 saturated heterocycles. The molecule has 2 N–H and O–H groups in total. The Balaban J connectivity index is 1.77. The Morgan fingerprint density at radius 1 is 1.29 bits per heavy atom. The number of anilines is 1. The van der Waals surface area contributed by atoms with Crippen LogP contribution in [0.4, 0.5) is 5.69 Å². The Hall–Kier alpha value is -2.12. The van der Waals surface area contributed by atoms with Crippen LogP contribution in [-0.4, -0.2) is 21.1 Å². The summed E-state index contributed by atoms with van der Waals surface area (Å²) in [6.45, 7) is 5.72. The zero-order valence-electron chi connectivity index (χ0n) is 13.5. The number of hydrogen-bond acceptors (Lipinski definition) is 5. The maximum atomic E-state index is 12.5. The standard InChI is InChI=1S/C17H17N3O2S2/c1-9-5-4-6-10(2)13(9)18-14(21)11(3)24-17-19-15(22)12-7-8-23-16(12)20-17/h4-8,11H,1-3H3,(H,18,21)(H,19,20,22)/t11-/m1/s1. The molecule has 2 heterocycles. The molecule has 1 aromatic carbocycles. The van der Waals surface area contributed by atoms with Gasteiger partial charge in [0.1, 0.15) is 4.83 Å². The van der Waals surface area contributed by atoms with Gasteiger partial charge in [0, 0.05) is 5.69 Å². The molecule has 0 spiro atoms. The molecule has 124 valence electrons. The van der Waals surface area contributed by atoms with E-state index in [0.717, 1.165) is 16.8 Å². The van der Waals surface area contributed by atoms with Crippen LogP contribution in [-0.2, 0) is 4.79 Å². The topological polar surface area (TPSA) is 74.8 Å². The lowest BCUT2D eigenvalue weighted by Crippen LogP contribution is -2.24. The van der Waals surface area contributed by atoms with Crippen molar-refractivity contribution >= 4 is 44.9 Å². The van der Waals surface area contributed by atoms with Gasteiger partial charge in [-0.15, -0.1) is 11.3 Å². The second kappa shape index (κ2) is 6.78. The first-order valence-corrected chi connectivity index (χ1v) is 9.23. The van der Waals surface area contributed by atoms with Crippen LogP contribution in [0.1, 0.15) is 18.1 Å². The van der Waals surface area contributed by atoms with Gasteiger partial charge in [-0.2, -0.15) is 0 Å². The summed E-state index contributed by atoms with van der Waals surface area (Å²) in [6, 6.07) is 7.63. The van der Waals surface area contributed by atoms with Gasteiger partial charge >= 0.3 is 0 Å². The summed E-state index contributed by atoms with van der Waals surface area (Å²) in [5, 5.41) is 5.45. The summed E-state index contributed by atoms with van der Waals surface area (Å²) in [4.78, 5) is 32.3. The number of carbonyl (C=O) groups is 1. The minimum absolute atomic E-state index is 0.119. The van der Waals surface area contributed by atoms with Crippen molar-refractivity contribution in [2.45, 2.75) is 31.2 Å². The minimum Gasteiger partial charge on any atom is -0.325 e. The molecule has 0 unspecified atom stereocenters. The first-order valence-electron chi connectivity index (χ1n) is 7.47. The zero-order chi connectivity index (χ0) is 17.3. The average molecular weight is 359 g/mol. The van der Waals surface area contributed by atoms with Gasteiger partial charge in [-0.25, -0.2) is 4.98 Å². The van der Waals surface area contributed by atoms with Crippen LogP contribution >= 0.6 is 23.1 Å². The number of benzene rings is 1. The predicted octanol–water partition coefficient (Wildman–Crippen LogP) is 3.72. The number of para-hydroxylation sites is 1. The van der Waals surface area contributed by atoms with Gasteiger partial charge in [-0.1, -0.05) is 30.0 Å². The number of nitrogens with one attached hydrogen (secondary N) is 2. The van der Waals surface area contributed by atoms with Crippen LogP contribution in [0.15, 0.2) is 39.6 Å². The summed E-state index contributed by atoms with van der Waals surface area (Å²) in [7, 11) is 0. The van der Waals surface area contributed by atoms with Gasteiger partial charge in [0.15, 0.2) is 5.16 Å². The Morgan fingerprint density at radius 2 is 2.00 bits per heavy atom. The van der Waals surface area contributed by atoms with E-state index >= 15 is 0 Å². The van der Waals surface area contributed by atoms with E-state index in [1.165, 1.54) is 23.1 Å². The second-order valence-corrected chi connectivity index (χ2v) is 7.75. The lowest BCUT2D eigenvalue weighted by molar-refractivity contribution is -0.115. The molecular formula is C17H17N3O2S2. The van der Waals surface area contributed by atoms with E-state index in [2.05, 4.69) is 15.3 Å². The van der Waals surface area contributed by atoms with Crippen LogP contribution in [0.2, 0.25) is 0 Å². The molecule has 0 aliphatic rings. The van der Waals surface area contributed by atoms with E-state index in [0.29, 0.717) is 15.4 Å². The SMILES string of the molecule is Cc1cccc(C)c1NC(=O)[C@@H](C)Sc1nc2sccc2c(=O)[nH]1. The summed E-state index contributed by atoms with van der Waals surface area (Å²) < 4.78 is 0. The highest BCUT2D eigenvalue weighted by Crippen LogP contribution is 2.25. The highest BCUT2D eigenvalue weighted by atomic mass is 32.2. The minimum atomic E-state index is -0.385. The van der Waals surface area contributed by atoms with Gasteiger partial charge in [-0.3, -0.25) is 9.59 Å². The average Bonchev–Trinajstić information content (AvgIpc) is 3.00. The van der Waals surface area contributed by atoms with E-state index in [-0.39, 0.29) is 16.7 Å². The fourth-order valence-corrected chi connectivity index (χ4v) is 3.98. The first-order chi connectivity index (χ1) is 11.5. The van der Waals surface area contributed by atoms with Gasteiger partial charge in [0.2, 0.25) is 5.91 Å². The number of aryl methyl sites for hydroxylation is 2. The van der Waals surface area contributed by atoms with E-state index in [9.17, 15) is 9.59 Å². The smallest absolute Gasteiger partial charge is 0.260 e. The molecule has 3 aromatic rings. The van der Waals surface area contributed by atoms with E-state index < -0.39 is 0 Å². The van der Waals surface area contributed by atoms with Crippen molar-refractivity contribution in [3.63, 3.8) is 0 Å². The van der Waals surface area contributed by atoms with Crippen LogP contribution in [0, 0.1) is 13.8 Å². The Kier molecular flexibility index (Phi) is 4.73. The number of thioether (sulfide) groups is 1. The quantitative estimate of drug-likeness (QED) is 0.550. The van der Waals surface area contributed by atoms with Gasteiger partial charge in [0.05, 0.1) is 10.6 Å². The van der Waals surface area contributed by atoms with Gasteiger partial charge in [0.25, 0.3) is 5.56 Å². The van der Waals surface area contributed by atoms with E-state index in [4.69, 9.17) is 0 Å². The zero-order valence-corrected chi connectivity index (χ0v) is 15.2. The molecule has 0 fully saturated rings. The molecule has 2 aromatic heterocycles. The number of hydrogen-bond donors (Lipinski definition) is 2. The Labute approximate surface area is 147 Å². The molecule has 0 bridgehead atoms. The Bertz CT molecular complexity index is 942. The van der Waals surface area contributed by atoms with Crippen LogP contribution < -0.4 is 10.9 Å². The Morgan fingerprint density at radius 3 is 2.71 bits per heavy atom. The molecule has 0 aliphatic heterocycles.